The average Bonchev–Trinajstić information content (AvgIpc) is 3.73. The summed E-state index contributed by atoms with van der Waals surface area (Å²) < 4.78 is 30.8. The van der Waals surface area contributed by atoms with Gasteiger partial charge in [-0.05, 0) is 23.8 Å². The smallest absolute Gasteiger partial charge is 0.294 e. The Morgan fingerprint density at radius 2 is 2.03 bits per heavy atom. The van der Waals surface area contributed by atoms with Gasteiger partial charge >= 0.3 is 0 Å². The zero-order chi connectivity index (χ0) is 25.6. The first kappa shape index (κ1) is 23.4. The number of ether oxygens (including phenoxy) is 4. The number of thiazole rings is 1. The lowest BCUT2D eigenvalue weighted by Gasteiger charge is -2.35. The third kappa shape index (κ3) is 4.16. The molecule has 1 fully saturated rings. The normalized spacial score (nSPS) is 20.7. The van der Waals surface area contributed by atoms with Crippen molar-refractivity contribution in [3.8, 4) is 28.1 Å². The molecule has 0 N–H and O–H groups in total. The summed E-state index contributed by atoms with van der Waals surface area (Å²) >= 11 is 3.06. The number of nitrogens with zero attached hydrogens (tertiary/aromatic N) is 4. The Labute approximate surface area is 225 Å². The van der Waals surface area contributed by atoms with Crippen LogP contribution < -0.4 is 14.2 Å². The van der Waals surface area contributed by atoms with Crippen LogP contribution in [0.1, 0.15) is 23.0 Å². The molecule has 1 aliphatic carbocycles. The van der Waals surface area contributed by atoms with Crippen LogP contribution in [0.15, 0.2) is 58.5 Å². The van der Waals surface area contributed by atoms with E-state index < -0.39 is 0 Å². The highest BCUT2D eigenvalue weighted by Crippen LogP contribution is 2.40. The fraction of sp³-hybridized carbons (Fsp3) is 0.296. The number of methoxy groups -OCH3 is 2. The van der Waals surface area contributed by atoms with E-state index in [9.17, 15) is 0 Å². The van der Waals surface area contributed by atoms with Gasteiger partial charge in [0, 0.05) is 36.0 Å². The number of rotatable bonds is 7. The fourth-order valence-corrected chi connectivity index (χ4v) is 6.68. The van der Waals surface area contributed by atoms with Crippen LogP contribution in [0.4, 0.5) is 0 Å². The Kier molecular flexibility index (Phi) is 5.91. The predicted molar refractivity (Wildman–Crippen MR) is 144 cm³/mol. The van der Waals surface area contributed by atoms with Gasteiger partial charge in [0.15, 0.2) is 5.76 Å². The van der Waals surface area contributed by atoms with Crippen LogP contribution in [-0.2, 0) is 11.3 Å². The fourth-order valence-electron chi connectivity index (χ4n) is 4.99. The summed E-state index contributed by atoms with van der Waals surface area (Å²) in [5.74, 6) is 2.61. The molecule has 0 spiro atoms. The second kappa shape index (κ2) is 9.57. The van der Waals surface area contributed by atoms with Crippen LogP contribution in [0.25, 0.3) is 27.4 Å². The van der Waals surface area contributed by atoms with Crippen molar-refractivity contribution in [3.63, 3.8) is 0 Å². The highest BCUT2D eigenvalue weighted by atomic mass is 32.1. The Morgan fingerprint density at radius 1 is 1.11 bits per heavy atom. The zero-order valence-corrected chi connectivity index (χ0v) is 22.3. The monoisotopic (exact) mass is 548 g/mol. The van der Waals surface area contributed by atoms with Gasteiger partial charge in [0.2, 0.25) is 4.96 Å². The largest absolute Gasteiger partial charge is 0.496 e. The lowest BCUT2D eigenvalue weighted by Crippen LogP contribution is -2.33. The van der Waals surface area contributed by atoms with Crippen molar-refractivity contribution in [2.75, 3.05) is 20.8 Å². The average molecular weight is 549 g/mol. The topological polar surface area (TPSA) is 93.1 Å². The molecule has 2 aliphatic rings. The molecule has 9 nitrogen and oxygen atoms in total. The quantitative estimate of drug-likeness (QED) is 0.249. The van der Waals surface area contributed by atoms with E-state index in [0.29, 0.717) is 52.2 Å². The first-order valence-electron chi connectivity index (χ1n) is 12.2. The second-order valence-electron chi connectivity index (χ2n) is 9.12. The third-order valence-electron chi connectivity index (χ3n) is 6.85. The molecule has 7 rings (SSSR count). The Bertz CT molecular complexity index is 1650. The summed E-state index contributed by atoms with van der Waals surface area (Å²) in [6.07, 6.45) is 11.5. The molecule has 1 aliphatic heterocycles. The van der Waals surface area contributed by atoms with E-state index >= 15 is 0 Å². The van der Waals surface area contributed by atoms with Crippen LogP contribution >= 0.6 is 22.7 Å². The number of hydrogen-bond donors (Lipinski definition) is 0. The molecule has 0 bridgehead atoms. The van der Waals surface area contributed by atoms with Crippen molar-refractivity contribution in [1.29, 1.82) is 0 Å². The SMILES string of the molecule is COc1cc(OCc2csc(C3CCOC4C=CC=CC43)n2)c2cc(-c3cn4nc(OC)sc4n3)oc2c1. The molecule has 1 aromatic carbocycles. The van der Waals surface area contributed by atoms with E-state index in [1.165, 1.54) is 11.3 Å². The molecule has 0 amide bonds. The molecular formula is C27H24N4O5S2. The van der Waals surface area contributed by atoms with Gasteiger partial charge in [-0.25, -0.2) is 14.5 Å². The van der Waals surface area contributed by atoms with Gasteiger partial charge in [0.1, 0.15) is 29.4 Å². The maximum atomic E-state index is 6.28. The van der Waals surface area contributed by atoms with E-state index in [4.69, 9.17) is 28.3 Å². The van der Waals surface area contributed by atoms with E-state index in [2.05, 4.69) is 39.8 Å². The van der Waals surface area contributed by atoms with E-state index in [1.54, 1.807) is 30.1 Å². The summed E-state index contributed by atoms with van der Waals surface area (Å²) in [5.41, 5.74) is 2.23. The Morgan fingerprint density at radius 3 is 2.89 bits per heavy atom. The maximum Gasteiger partial charge on any atom is 0.294 e. The van der Waals surface area contributed by atoms with Crippen molar-refractivity contribution in [3.05, 3.63) is 64.8 Å². The highest BCUT2D eigenvalue weighted by molar-refractivity contribution is 7.18. The zero-order valence-electron chi connectivity index (χ0n) is 20.7. The van der Waals surface area contributed by atoms with E-state index in [0.717, 1.165) is 34.1 Å². The van der Waals surface area contributed by atoms with Crippen molar-refractivity contribution in [1.82, 2.24) is 19.6 Å². The van der Waals surface area contributed by atoms with Crippen LogP contribution in [0.5, 0.6) is 16.7 Å². The minimum atomic E-state index is 0.131. The van der Waals surface area contributed by atoms with Crippen molar-refractivity contribution in [2.24, 2.45) is 5.92 Å². The first-order valence-corrected chi connectivity index (χ1v) is 13.9. The summed E-state index contributed by atoms with van der Waals surface area (Å²) in [4.78, 5) is 10.3. The second-order valence-corrected chi connectivity index (χ2v) is 10.9. The third-order valence-corrected chi connectivity index (χ3v) is 8.76. The van der Waals surface area contributed by atoms with E-state index in [-0.39, 0.29) is 6.10 Å². The molecule has 194 valence electrons. The summed E-state index contributed by atoms with van der Waals surface area (Å²) in [6.45, 7) is 1.09. The molecule has 11 heteroatoms. The molecule has 0 saturated carbocycles. The van der Waals surface area contributed by atoms with Crippen molar-refractivity contribution >= 4 is 38.6 Å². The van der Waals surface area contributed by atoms with Gasteiger partial charge in [-0.1, -0.05) is 24.3 Å². The van der Waals surface area contributed by atoms with Gasteiger partial charge in [-0.2, -0.15) is 0 Å². The number of benzene rings is 1. The summed E-state index contributed by atoms with van der Waals surface area (Å²) in [6, 6.07) is 5.65. The molecule has 1 saturated heterocycles. The maximum absolute atomic E-state index is 6.28. The number of furan rings is 1. The van der Waals surface area contributed by atoms with Crippen LogP contribution in [0, 0.1) is 5.92 Å². The Balaban J connectivity index is 1.14. The molecule has 3 unspecified atom stereocenters. The van der Waals surface area contributed by atoms with Crippen LogP contribution in [-0.4, -0.2) is 46.5 Å². The summed E-state index contributed by atoms with van der Waals surface area (Å²) in [5, 5.41) is 8.95. The van der Waals surface area contributed by atoms with Gasteiger partial charge in [-0.15, -0.1) is 16.4 Å². The molecule has 5 aromatic rings. The van der Waals surface area contributed by atoms with Crippen LogP contribution in [0.3, 0.4) is 0 Å². The number of imidazole rings is 1. The molecule has 4 aromatic heterocycles. The Hall–Kier alpha value is -3.67. The predicted octanol–water partition coefficient (Wildman–Crippen LogP) is 5.87. The highest BCUT2D eigenvalue weighted by Gasteiger charge is 2.34. The van der Waals surface area contributed by atoms with Gasteiger partial charge in [0.25, 0.3) is 5.19 Å². The molecular weight excluding hydrogens is 524 g/mol. The molecule has 0 radical (unpaired) electrons. The number of fused-ring (bicyclic) bond motifs is 3. The van der Waals surface area contributed by atoms with E-state index in [1.807, 2.05) is 24.4 Å². The lowest BCUT2D eigenvalue weighted by atomic mass is 9.81. The number of hydrogen-bond acceptors (Lipinski definition) is 10. The minimum absolute atomic E-state index is 0.131. The van der Waals surface area contributed by atoms with Gasteiger partial charge in [-0.3, -0.25) is 0 Å². The van der Waals surface area contributed by atoms with Crippen molar-refractivity contribution in [2.45, 2.75) is 25.0 Å². The van der Waals surface area contributed by atoms with Gasteiger partial charge < -0.3 is 23.4 Å². The first-order chi connectivity index (χ1) is 18.7. The van der Waals surface area contributed by atoms with Crippen LogP contribution in [0.2, 0.25) is 0 Å². The van der Waals surface area contributed by atoms with Crippen molar-refractivity contribution < 1.29 is 23.4 Å². The molecule has 5 heterocycles. The van der Waals surface area contributed by atoms with Gasteiger partial charge in [0.05, 0.1) is 42.6 Å². The molecule has 38 heavy (non-hydrogen) atoms. The lowest BCUT2D eigenvalue weighted by molar-refractivity contribution is 0.00649. The summed E-state index contributed by atoms with van der Waals surface area (Å²) in [7, 11) is 3.21. The minimum Gasteiger partial charge on any atom is -0.496 e. The standard InChI is InChI=1S/C27H24N4O5S2/c1-32-16-9-22(19-11-24(36-23(19)10-16)20-12-31-26(29-20)38-27(30-31)33-2)35-13-15-14-37-25(28-15)18-7-8-34-21-6-4-3-5-17(18)21/h3-6,9-12,14,17-18,21H,7-8,13H2,1-2H3. The number of aromatic nitrogens is 4. The number of allylic oxidation sites excluding steroid dienone is 2. The molecule has 3 atom stereocenters.